The van der Waals surface area contributed by atoms with Crippen LogP contribution in [0.1, 0.15) is 0 Å². The summed E-state index contributed by atoms with van der Waals surface area (Å²) in [5.74, 6) is 0.480. The van der Waals surface area contributed by atoms with Crippen LogP contribution in [0.25, 0.3) is 11.5 Å². The smallest absolute Gasteiger partial charge is 0.289 e. The van der Waals surface area contributed by atoms with Crippen LogP contribution in [-0.4, -0.2) is 9.78 Å². The molecule has 5 nitrogen and oxygen atoms in total. The summed E-state index contributed by atoms with van der Waals surface area (Å²) in [7, 11) is 0. The number of rotatable bonds is 6. The number of aromatic nitrogens is 2. The zero-order valence-electron chi connectivity index (χ0n) is 14.5. The van der Waals surface area contributed by atoms with Crippen LogP contribution in [0, 0.1) is 4.84 Å². The second-order valence-electron chi connectivity index (χ2n) is 5.91. The van der Waals surface area contributed by atoms with E-state index in [1.165, 1.54) is 0 Å². The molecule has 1 heterocycles. The first-order chi connectivity index (χ1) is 13.3. The van der Waals surface area contributed by atoms with Gasteiger partial charge in [-0.15, -0.1) is 5.10 Å². The number of hydrogen-bond acceptors (Lipinski definition) is 5. The minimum absolute atomic E-state index is 0.322. The van der Waals surface area contributed by atoms with E-state index in [1.54, 1.807) is 4.68 Å². The fourth-order valence-electron chi connectivity index (χ4n) is 2.69. The number of nitrogens with one attached hydrogen (secondary N) is 2. The Kier molecular flexibility index (Phi) is 4.98. The molecule has 0 aliphatic carbocycles. The van der Waals surface area contributed by atoms with Crippen molar-refractivity contribution in [3.63, 3.8) is 0 Å². The van der Waals surface area contributed by atoms with Gasteiger partial charge in [0.15, 0.2) is 0 Å². The molecule has 2 N–H and O–H groups in total. The molecule has 0 bridgehead atoms. The summed E-state index contributed by atoms with van der Waals surface area (Å²) in [6, 6.07) is 27.7. The molecule has 0 unspecified atom stereocenters. The highest BCUT2D eigenvalue weighted by molar-refractivity contribution is 7.71. The zero-order valence-corrected chi connectivity index (χ0v) is 15.3. The van der Waals surface area contributed by atoms with E-state index in [0.717, 1.165) is 22.6 Å². The molecular formula is C21H18N4OS. The number of hydrogen-bond donors (Lipinski definition) is 2. The molecule has 0 aliphatic heterocycles. The topological polar surface area (TPSA) is 55.0 Å². The lowest BCUT2D eigenvalue weighted by atomic mass is 10.1. The monoisotopic (exact) mass is 374 g/mol. The van der Waals surface area contributed by atoms with E-state index in [9.17, 15) is 0 Å². The highest BCUT2D eigenvalue weighted by Crippen LogP contribution is 2.29. The average Bonchev–Trinajstić information content (AvgIpc) is 3.09. The van der Waals surface area contributed by atoms with Crippen molar-refractivity contribution < 1.29 is 4.42 Å². The lowest BCUT2D eigenvalue weighted by Gasteiger charge is -2.09. The van der Waals surface area contributed by atoms with Crippen LogP contribution in [0.15, 0.2) is 89.3 Å². The van der Waals surface area contributed by atoms with Gasteiger partial charge >= 0.3 is 0 Å². The number of nitrogens with zero attached hydrogens (tertiary/aromatic N) is 2. The van der Waals surface area contributed by atoms with Gasteiger partial charge in [-0.1, -0.05) is 48.5 Å². The first kappa shape index (κ1) is 17.1. The molecule has 6 heteroatoms. The molecule has 0 spiro atoms. The van der Waals surface area contributed by atoms with Crippen LogP contribution >= 0.6 is 12.2 Å². The van der Waals surface area contributed by atoms with Crippen LogP contribution in [-0.2, 0) is 6.67 Å². The van der Waals surface area contributed by atoms with Crippen LogP contribution in [0.2, 0.25) is 0 Å². The van der Waals surface area contributed by atoms with Gasteiger partial charge in [0.05, 0.1) is 11.3 Å². The summed E-state index contributed by atoms with van der Waals surface area (Å²) in [5.41, 5.74) is 3.75. The Hall–Kier alpha value is -3.38. The van der Waals surface area contributed by atoms with Gasteiger partial charge in [0.2, 0.25) is 5.89 Å². The quantitative estimate of drug-likeness (QED) is 0.425. The van der Waals surface area contributed by atoms with Crippen molar-refractivity contribution >= 4 is 29.3 Å². The summed E-state index contributed by atoms with van der Waals surface area (Å²) in [5, 5.41) is 11.2. The van der Waals surface area contributed by atoms with E-state index in [1.807, 2.05) is 84.9 Å². The maximum atomic E-state index is 5.75. The maximum absolute atomic E-state index is 5.75. The SMILES string of the molecule is S=c1oc(-c2ccccc2Nc2ccccc2)nn1CNc1ccccc1. The Morgan fingerprint density at radius 1 is 0.815 bits per heavy atom. The first-order valence-corrected chi connectivity index (χ1v) is 8.99. The Labute approximate surface area is 162 Å². The summed E-state index contributed by atoms with van der Waals surface area (Å²) < 4.78 is 7.39. The number of para-hydroxylation sites is 3. The molecule has 0 amide bonds. The molecule has 134 valence electrons. The summed E-state index contributed by atoms with van der Waals surface area (Å²) in [4.78, 5) is 0.322. The van der Waals surface area contributed by atoms with Crippen molar-refractivity contribution in [1.82, 2.24) is 9.78 Å². The minimum atomic E-state index is 0.322. The predicted octanol–water partition coefficient (Wildman–Crippen LogP) is 5.69. The Morgan fingerprint density at radius 3 is 2.19 bits per heavy atom. The van der Waals surface area contributed by atoms with Gasteiger partial charge in [-0.25, -0.2) is 4.68 Å². The fraction of sp³-hybridized carbons (Fsp3) is 0.0476. The van der Waals surface area contributed by atoms with Gasteiger partial charge in [-0.2, -0.15) is 0 Å². The average molecular weight is 374 g/mol. The van der Waals surface area contributed by atoms with E-state index in [0.29, 0.717) is 17.4 Å². The summed E-state index contributed by atoms with van der Waals surface area (Å²) >= 11 is 5.33. The van der Waals surface area contributed by atoms with Crippen molar-refractivity contribution in [2.45, 2.75) is 6.67 Å². The summed E-state index contributed by atoms with van der Waals surface area (Å²) in [6.07, 6.45) is 0. The molecule has 0 aliphatic rings. The van der Waals surface area contributed by atoms with Gasteiger partial charge in [0, 0.05) is 11.4 Å². The van der Waals surface area contributed by atoms with Gasteiger partial charge in [0.1, 0.15) is 6.67 Å². The Bertz CT molecular complexity index is 1070. The second kappa shape index (κ2) is 7.88. The molecule has 0 atom stereocenters. The molecule has 27 heavy (non-hydrogen) atoms. The third-order valence-electron chi connectivity index (χ3n) is 4.02. The molecule has 3 aromatic carbocycles. The Balaban J connectivity index is 1.58. The van der Waals surface area contributed by atoms with Crippen molar-refractivity contribution in [3.8, 4) is 11.5 Å². The van der Waals surface area contributed by atoms with E-state index < -0.39 is 0 Å². The third-order valence-corrected chi connectivity index (χ3v) is 4.32. The zero-order chi connectivity index (χ0) is 18.5. The lowest BCUT2D eigenvalue weighted by Crippen LogP contribution is -2.09. The van der Waals surface area contributed by atoms with E-state index in [2.05, 4.69) is 15.7 Å². The molecule has 0 radical (unpaired) electrons. The number of anilines is 3. The molecular weight excluding hydrogens is 356 g/mol. The van der Waals surface area contributed by atoms with Crippen LogP contribution in [0.5, 0.6) is 0 Å². The molecule has 4 rings (SSSR count). The maximum Gasteiger partial charge on any atom is 0.289 e. The molecule has 0 saturated heterocycles. The third kappa shape index (κ3) is 4.07. The van der Waals surface area contributed by atoms with Crippen LogP contribution < -0.4 is 10.6 Å². The normalized spacial score (nSPS) is 10.5. The van der Waals surface area contributed by atoms with E-state index in [4.69, 9.17) is 16.6 Å². The Morgan fingerprint density at radius 2 is 1.44 bits per heavy atom. The number of benzene rings is 3. The van der Waals surface area contributed by atoms with Gasteiger partial charge in [0.25, 0.3) is 4.84 Å². The largest absolute Gasteiger partial charge is 0.409 e. The highest BCUT2D eigenvalue weighted by atomic mass is 32.1. The van der Waals surface area contributed by atoms with Crippen molar-refractivity contribution in [3.05, 3.63) is 89.8 Å². The van der Waals surface area contributed by atoms with Crippen molar-refractivity contribution in [2.75, 3.05) is 10.6 Å². The van der Waals surface area contributed by atoms with Crippen LogP contribution in [0.3, 0.4) is 0 Å². The minimum Gasteiger partial charge on any atom is -0.409 e. The predicted molar refractivity (Wildman–Crippen MR) is 111 cm³/mol. The van der Waals surface area contributed by atoms with Crippen molar-refractivity contribution in [1.29, 1.82) is 0 Å². The lowest BCUT2D eigenvalue weighted by molar-refractivity contribution is 0.522. The van der Waals surface area contributed by atoms with Crippen molar-refractivity contribution in [2.24, 2.45) is 0 Å². The fourth-order valence-corrected chi connectivity index (χ4v) is 2.88. The molecule has 0 fully saturated rings. The van der Waals surface area contributed by atoms with Crippen LogP contribution in [0.4, 0.5) is 17.1 Å². The first-order valence-electron chi connectivity index (χ1n) is 8.58. The standard InChI is InChI=1S/C21H18N4OS/c27-21-25(15-22-16-9-3-1-4-10-16)24-20(26-21)18-13-7-8-14-19(18)23-17-11-5-2-6-12-17/h1-14,22-23H,15H2. The summed E-state index contributed by atoms with van der Waals surface area (Å²) in [6.45, 7) is 0.431. The molecule has 1 aromatic heterocycles. The molecule has 0 saturated carbocycles. The highest BCUT2D eigenvalue weighted by Gasteiger charge is 2.12. The van der Waals surface area contributed by atoms with E-state index in [-0.39, 0.29) is 0 Å². The second-order valence-corrected chi connectivity index (χ2v) is 6.26. The van der Waals surface area contributed by atoms with Gasteiger partial charge in [-0.3, -0.25) is 0 Å². The van der Waals surface area contributed by atoms with Gasteiger partial charge in [-0.05, 0) is 48.6 Å². The van der Waals surface area contributed by atoms with E-state index >= 15 is 0 Å². The van der Waals surface area contributed by atoms with Gasteiger partial charge < -0.3 is 15.1 Å². The molecule has 4 aromatic rings.